The maximum absolute atomic E-state index is 6.85. The smallest absolute Gasteiger partial charge is 0.131 e. The Bertz CT molecular complexity index is 2670. The zero-order valence-electron chi connectivity index (χ0n) is 26.8. The first kappa shape index (κ1) is 29.3. The summed E-state index contributed by atoms with van der Waals surface area (Å²) in [6.45, 7) is 0.508. The fourth-order valence-electron chi connectivity index (χ4n) is 7.14. The Morgan fingerprint density at radius 2 is 1.27 bits per heavy atom. The molecule has 4 heteroatoms. The second-order valence-electron chi connectivity index (χ2n) is 12.5. The predicted octanol–water partition coefficient (Wildman–Crippen LogP) is 11.4. The number of amidine groups is 1. The van der Waals surface area contributed by atoms with Crippen molar-refractivity contribution in [1.29, 1.82) is 0 Å². The molecule has 0 amide bonds. The maximum Gasteiger partial charge on any atom is 0.131 e. The monoisotopic (exact) mass is 647 g/mol. The number of rotatable bonds is 6. The van der Waals surface area contributed by atoms with Crippen LogP contribution in [-0.4, -0.2) is 5.84 Å². The lowest BCUT2D eigenvalue weighted by atomic mass is 9.92. The highest BCUT2D eigenvalue weighted by Crippen LogP contribution is 2.40. The molecule has 1 unspecified atom stereocenters. The number of nitrogens with zero attached hydrogens (tertiary/aromatic N) is 1. The van der Waals surface area contributed by atoms with Gasteiger partial charge in [-0.05, 0) is 72.8 Å². The zero-order chi connectivity index (χ0) is 32.7. The lowest BCUT2D eigenvalue weighted by molar-refractivity contribution is 0.679. The van der Waals surface area contributed by atoms with E-state index in [0.29, 0.717) is 6.54 Å². The molecule has 0 spiro atoms. The molecule has 0 bridgehead atoms. The summed E-state index contributed by atoms with van der Waals surface area (Å²) in [6.07, 6.45) is -0.433. The lowest BCUT2D eigenvalue weighted by Gasteiger charge is -2.21. The van der Waals surface area contributed by atoms with Gasteiger partial charge in [-0.25, -0.2) is 0 Å². The van der Waals surface area contributed by atoms with Gasteiger partial charge in [-0.15, -0.1) is 11.3 Å². The second-order valence-corrected chi connectivity index (χ2v) is 13.6. The standard InChI is InChI=1S/C45H33N3S/c46-44(32-12-2-1-3-13-32)48-45(43-36-16-7-5-14-33(36)27-39-34-15-6-4-11-30(34)25-26-37(39)43)47-28-29-21-23-31(24-22-29)35-18-10-20-41-42(35)38-17-8-9-19-40(38)49-41/h1-27,44H,28,46H2,(H,47,48). The minimum Gasteiger partial charge on any atom is -0.351 e. The Labute approximate surface area is 289 Å². The molecule has 9 aromatic rings. The van der Waals surface area contributed by atoms with Crippen molar-refractivity contribution >= 4 is 69.7 Å². The fourth-order valence-corrected chi connectivity index (χ4v) is 8.27. The first-order valence-corrected chi connectivity index (χ1v) is 17.5. The number of benzene rings is 8. The van der Waals surface area contributed by atoms with E-state index < -0.39 is 6.17 Å². The van der Waals surface area contributed by atoms with Crippen molar-refractivity contribution in [1.82, 2.24) is 5.32 Å². The van der Waals surface area contributed by atoms with E-state index in [1.54, 1.807) is 0 Å². The predicted molar refractivity (Wildman–Crippen MR) is 210 cm³/mol. The van der Waals surface area contributed by atoms with Crippen LogP contribution in [0.4, 0.5) is 0 Å². The minimum absolute atomic E-state index is 0.433. The number of aliphatic imine (C=N–C) groups is 1. The van der Waals surface area contributed by atoms with Crippen molar-refractivity contribution in [2.75, 3.05) is 0 Å². The van der Waals surface area contributed by atoms with Crippen LogP contribution < -0.4 is 11.1 Å². The molecule has 9 rings (SSSR count). The van der Waals surface area contributed by atoms with Crippen LogP contribution in [0.1, 0.15) is 22.9 Å². The highest BCUT2D eigenvalue weighted by atomic mass is 32.1. The summed E-state index contributed by atoms with van der Waals surface area (Å²) in [5.41, 5.74) is 12.5. The molecule has 1 atom stereocenters. The van der Waals surface area contributed by atoms with E-state index in [4.69, 9.17) is 10.7 Å². The van der Waals surface area contributed by atoms with Crippen molar-refractivity contribution in [3.05, 3.63) is 180 Å². The molecule has 0 fully saturated rings. The summed E-state index contributed by atoms with van der Waals surface area (Å²) in [7, 11) is 0. The molecule has 0 aliphatic rings. The number of hydrogen-bond acceptors (Lipinski definition) is 3. The van der Waals surface area contributed by atoms with Crippen LogP contribution in [0, 0.1) is 0 Å². The lowest BCUT2D eigenvalue weighted by Crippen LogP contribution is -2.35. The number of nitrogens with one attached hydrogen (secondary N) is 1. The average molecular weight is 648 g/mol. The minimum atomic E-state index is -0.433. The summed E-state index contributed by atoms with van der Waals surface area (Å²) in [5.74, 6) is 0.784. The molecule has 49 heavy (non-hydrogen) atoms. The molecule has 0 radical (unpaired) electrons. The number of fused-ring (bicyclic) bond motifs is 7. The highest BCUT2D eigenvalue weighted by Gasteiger charge is 2.18. The van der Waals surface area contributed by atoms with Crippen LogP contribution in [0.25, 0.3) is 63.6 Å². The Kier molecular flexibility index (Phi) is 7.38. The quantitative estimate of drug-likeness (QED) is 0.0620. The van der Waals surface area contributed by atoms with Crippen molar-refractivity contribution in [2.45, 2.75) is 12.7 Å². The zero-order valence-corrected chi connectivity index (χ0v) is 27.6. The fraction of sp³-hybridized carbons (Fsp3) is 0.0444. The van der Waals surface area contributed by atoms with Crippen LogP contribution in [0.3, 0.4) is 0 Å². The maximum atomic E-state index is 6.85. The van der Waals surface area contributed by atoms with Crippen LogP contribution in [0.15, 0.2) is 169 Å². The number of thiophene rings is 1. The SMILES string of the molecule is NC(NC(=NCc1ccc(-c2cccc3sc4ccccc4c23)cc1)c1c2ccccc2cc2c1ccc1ccccc12)c1ccccc1. The van der Waals surface area contributed by atoms with Gasteiger partial charge in [0, 0.05) is 25.7 Å². The number of hydrogen-bond donors (Lipinski definition) is 2. The summed E-state index contributed by atoms with van der Waals surface area (Å²) < 4.78 is 2.63. The van der Waals surface area contributed by atoms with Gasteiger partial charge < -0.3 is 11.1 Å². The molecule has 234 valence electrons. The van der Waals surface area contributed by atoms with Gasteiger partial charge in [-0.1, -0.05) is 146 Å². The molecular weight excluding hydrogens is 615 g/mol. The molecule has 3 N–H and O–H groups in total. The topological polar surface area (TPSA) is 50.4 Å². The summed E-state index contributed by atoms with van der Waals surface area (Å²) >= 11 is 1.85. The Hall–Kier alpha value is -5.81. The third-order valence-electron chi connectivity index (χ3n) is 9.54. The molecule has 1 heterocycles. The largest absolute Gasteiger partial charge is 0.351 e. The van der Waals surface area contributed by atoms with Gasteiger partial charge in [0.15, 0.2) is 0 Å². The van der Waals surface area contributed by atoms with E-state index in [1.165, 1.54) is 52.8 Å². The summed E-state index contributed by atoms with van der Waals surface area (Å²) in [6, 6.07) is 58.3. The van der Waals surface area contributed by atoms with Crippen molar-refractivity contribution < 1.29 is 0 Å². The molecular formula is C45H33N3S. The van der Waals surface area contributed by atoms with E-state index in [1.807, 2.05) is 29.5 Å². The molecule has 0 saturated heterocycles. The van der Waals surface area contributed by atoms with Gasteiger partial charge in [0.05, 0.1) is 6.54 Å². The van der Waals surface area contributed by atoms with E-state index in [9.17, 15) is 0 Å². The average Bonchev–Trinajstić information content (AvgIpc) is 3.55. The normalized spacial score (nSPS) is 12.7. The van der Waals surface area contributed by atoms with Crippen LogP contribution >= 0.6 is 11.3 Å². The first-order valence-electron chi connectivity index (χ1n) is 16.7. The van der Waals surface area contributed by atoms with Crippen molar-refractivity contribution in [2.24, 2.45) is 10.7 Å². The second kappa shape index (κ2) is 12.3. The highest BCUT2D eigenvalue weighted by molar-refractivity contribution is 7.25. The van der Waals surface area contributed by atoms with Gasteiger partial charge in [-0.3, -0.25) is 4.99 Å². The number of nitrogens with two attached hydrogens (primary N) is 1. The summed E-state index contributed by atoms with van der Waals surface area (Å²) in [5, 5.41) is 13.4. The Morgan fingerprint density at radius 1 is 0.571 bits per heavy atom. The molecule has 8 aromatic carbocycles. The summed E-state index contributed by atoms with van der Waals surface area (Å²) in [4.78, 5) is 5.32. The van der Waals surface area contributed by atoms with Crippen molar-refractivity contribution in [3.63, 3.8) is 0 Å². The van der Waals surface area contributed by atoms with Crippen LogP contribution in [0.5, 0.6) is 0 Å². The third kappa shape index (κ3) is 5.32. The van der Waals surface area contributed by atoms with Gasteiger partial charge in [0.25, 0.3) is 0 Å². The van der Waals surface area contributed by atoms with Gasteiger partial charge >= 0.3 is 0 Å². The van der Waals surface area contributed by atoms with Crippen LogP contribution in [0.2, 0.25) is 0 Å². The molecule has 3 nitrogen and oxygen atoms in total. The molecule has 0 aliphatic heterocycles. The first-order chi connectivity index (χ1) is 24.2. The van der Waals surface area contributed by atoms with Crippen LogP contribution in [-0.2, 0) is 6.54 Å². The molecule has 0 aliphatic carbocycles. The van der Waals surface area contributed by atoms with Gasteiger partial charge in [0.1, 0.15) is 12.0 Å². The van der Waals surface area contributed by atoms with Gasteiger partial charge in [-0.2, -0.15) is 0 Å². The van der Waals surface area contributed by atoms with E-state index in [-0.39, 0.29) is 0 Å². The van der Waals surface area contributed by atoms with E-state index >= 15 is 0 Å². The molecule has 0 saturated carbocycles. The van der Waals surface area contributed by atoms with E-state index in [2.05, 4.69) is 151 Å². The van der Waals surface area contributed by atoms with E-state index in [0.717, 1.165) is 33.3 Å². The Balaban J connectivity index is 1.16. The third-order valence-corrected chi connectivity index (χ3v) is 10.7. The van der Waals surface area contributed by atoms with Crippen molar-refractivity contribution in [3.8, 4) is 11.1 Å². The van der Waals surface area contributed by atoms with Gasteiger partial charge in [0.2, 0.25) is 0 Å². The molecule has 1 aromatic heterocycles. The Morgan fingerprint density at radius 3 is 2.10 bits per heavy atom.